The Hall–Kier alpha value is 0.195. The minimum absolute atomic E-state index is 0. The standard InChI is InChI=1S/C6H14O2.BH2O2.ClH/c1-5(2,7)6(3,4)8;2-1-3;/h7-8H,1-4H3;2-3H;1H. The van der Waals surface area contributed by atoms with Crippen molar-refractivity contribution in [3.8, 4) is 0 Å². The first-order valence-corrected chi connectivity index (χ1v) is 3.21. The van der Waals surface area contributed by atoms with Crippen molar-refractivity contribution in [3.05, 3.63) is 0 Å². The highest BCUT2D eigenvalue weighted by Gasteiger charge is 2.31. The van der Waals surface area contributed by atoms with Crippen LogP contribution in [0.3, 0.4) is 0 Å². The van der Waals surface area contributed by atoms with Crippen LogP contribution in [0, 0.1) is 0 Å². The Balaban J connectivity index is -0.000000177. The number of aliphatic hydroxyl groups is 2. The molecule has 12 heavy (non-hydrogen) atoms. The first-order valence-electron chi connectivity index (χ1n) is 3.21. The Labute approximate surface area is 80.0 Å². The molecule has 0 saturated heterocycles. The molecule has 0 unspecified atom stereocenters. The summed E-state index contributed by atoms with van der Waals surface area (Å²) in [4.78, 5) is 0. The molecule has 0 aromatic carbocycles. The molecule has 0 saturated carbocycles. The summed E-state index contributed by atoms with van der Waals surface area (Å²) < 4.78 is 0. The van der Waals surface area contributed by atoms with Crippen LogP contribution in [-0.2, 0) is 0 Å². The fourth-order valence-electron chi connectivity index (χ4n) is 0. The molecule has 1 radical (unpaired) electrons. The van der Waals surface area contributed by atoms with Gasteiger partial charge in [-0.15, -0.1) is 12.4 Å². The van der Waals surface area contributed by atoms with Crippen LogP contribution in [0.4, 0.5) is 0 Å². The van der Waals surface area contributed by atoms with Crippen molar-refractivity contribution >= 4 is 20.1 Å². The van der Waals surface area contributed by atoms with E-state index in [9.17, 15) is 0 Å². The minimum atomic E-state index is -1.01. The summed E-state index contributed by atoms with van der Waals surface area (Å²) in [5.41, 5.74) is -2.01. The highest BCUT2D eigenvalue weighted by atomic mass is 35.5. The van der Waals surface area contributed by atoms with Crippen LogP contribution in [-0.4, -0.2) is 39.1 Å². The lowest BCUT2D eigenvalue weighted by molar-refractivity contribution is -0.107. The molecule has 0 aromatic rings. The summed E-state index contributed by atoms with van der Waals surface area (Å²) in [7, 11) is 0. The Kier molecular flexibility index (Phi) is 10.1. The fourth-order valence-corrected chi connectivity index (χ4v) is 0. The van der Waals surface area contributed by atoms with Gasteiger partial charge in [0.25, 0.3) is 0 Å². The summed E-state index contributed by atoms with van der Waals surface area (Å²) in [5.74, 6) is 0. The van der Waals surface area contributed by atoms with Gasteiger partial charge in [-0.3, -0.25) is 0 Å². The summed E-state index contributed by atoms with van der Waals surface area (Å²) in [5, 5.41) is 32.2. The van der Waals surface area contributed by atoms with Crippen molar-refractivity contribution in [2.75, 3.05) is 0 Å². The predicted molar refractivity (Wildman–Crippen MR) is 50.0 cm³/mol. The average molecular weight is 199 g/mol. The molecule has 0 aliphatic heterocycles. The molecule has 0 amide bonds. The van der Waals surface area contributed by atoms with Gasteiger partial charge in [0.15, 0.2) is 0 Å². The van der Waals surface area contributed by atoms with E-state index in [1.54, 1.807) is 27.7 Å². The number of rotatable bonds is 1. The maximum Gasteiger partial charge on any atom is 0.482 e. The molecule has 0 rings (SSSR count). The van der Waals surface area contributed by atoms with Gasteiger partial charge in [0.2, 0.25) is 0 Å². The highest BCUT2D eigenvalue weighted by Crippen LogP contribution is 2.19. The molecule has 0 spiro atoms. The molecule has 0 bridgehead atoms. The van der Waals surface area contributed by atoms with Crippen molar-refractivity contribution in [1.82, 2.24) is 0 Å². The van der Waals surface area contributed by atoms with Gasteiger partial charge in [0.05, 0.1) is 11.2 Å². The third-order valence-electron chi connectivity index (χ3n) is 1.50. The van der Waals surface area contributed by atoms with Crippen molar-refractivity contribution in [1.29, 1.82) is 0 Å². The fraction of sp³-hybridized carbons (Fsp3) is 1.00. The molecule has 4 N–H and O–H groups in total. The van der Waals surface area contributed by atoms with E-state index in [0.717, 1.165) is 0 Å². The van der Waals surface area contributed by atoms with Crippen molar-refractivity contribution in [2.45, 2.75) is 38.9 Å². The molecule has 0 aliphatic rings. The van der Waals surface area contributed by atoms with Gasteiger partial charge in [-0.25, -0.2) is 0 Å². The minimum Gasteiger partial charge on any atom is -0.429 e. The van der Waals surface area contributed by atoms with Crippen molar-refractivity contribution in [2.24, 2.45) is 0 Å². The number of halogens is 1. The molecule has 0 aliphatic carbocycles. The van der Waals surface area contributed by atoms with E-state index >= 15 is 0 Å². The van der Waals surface area contributed by atoms with Gasteiger partial charge in [0, 0.05) is 0 Å². The van der Waals surface area contributed by atoms with Crippen molar-refractivity contribution in [3.63, 3.8) is 0 Å². The van der Waals surface area contributed by atoms with Gasteiger partial charge in [-0.2, -0.15) is 0 Å². The largest absolute Gasteiger partial charge is 0.482 e. The summed E-state index contributed by atoms with van der Waals surface area (Å²) >= 11 is 0. The van der Waals surface area contributed by atoms with Crippen LogP contribution in [0.1, 0.15) is 27.7 Å². The Morgan fingerprint density at radius 2 is 0.917 bits per heavy atom. The van der Waals surface area contributed by atoms with Gasteiger partial charge in [-0.05, 0) is 27.7 Å². The second-order valence-electron chi connectivity index (χ2n) is 3.23. The van der Waals surface area contributed by atoms with Crippen LogP contribution >= 0.6 is 12.4 Å². The zero-order chi connectivity index (χ0) is 9.71. The Morgan fingerprint density at radius 1 is 0.833 bits per heavy atom. The van der Waals surface area contributed by atoms with E-state index in [1.165, 1.54) is 0 Å². The molecule has 75 valence electrons. The maximum atomic E-state index is 9.10. The van der Waals surface area contributed by atoms with E-state index in [2.05, 4.69) is 0 Å². The summed E-state index contributed by atoms with van der Waals surface area (Å²) in [6.07, 6.45) is 0. The van der Waals surface area contributed by atoms with E-state index in [0.29, 0.717) is 0 Å². The normalized spacial score (nSPS) is 10.7. The second kappa shape index (κ2) is 6.68. The quantitative estimate of drug-likeness (QED) is 0.428. The molecule has 0 atom stereocenters. The lowest BCUT2D eigenvalue weighted by Crippen LogP contribution is -2.44. The van der Waals surface area contributed by atoms with Crippen LogP contribution in [0.2, 0.25) is 0 Å². The van der Waals surface area contributed by atoms with E-state index in [4.69, 9.17) is 20.3 Å². The zero-order valence-corrected chi connectivity index (χ0v) is 8.59. The molecule has 6 heteroatoms. The summed E-state index contributed by atoms with van der Waals surface area (Å²) in [6, 6.07) is 0. The van der Waals surface area contributed by atoms with Crippen LogP contribution in [0.25, 0.3) is 0 Å². The lowest BCUT2D eigenvalue weighted by atomic mass is 9.90. The van der Waals surface area contributed by atoms with Gasteiger partial charge in [-0.1, -0.05) is 0 Å². The summed E-state index contributed by atoms with van der Waals surface area (Å²) in [6.45, 7) is 6.31. The molecule has 0 aromatic heterocycles. The molecule has 0 fully saturated rings. The second-order valence-corrected chi connectivity index (χ2v) is 3.23. The van der Waals surface area contributed by atoms with Gasteiger partial charge >= 0.3 is 7.69 Å². The van der Waals surface area contributed by atoms with E-state index in [-0.39, 0.29) is 20.1 Å². The smallest absolute Gasteiger partial charge is 0.429 e. The van der Waals surface area contributed by atoms with Crippen molar-refractivity contribution < 1.29 is 20.3 Å². The molecule has 0 heterocycles. The monoisotopic (exact) mass is 199 g/mol. The third-order valence-corrected chi connectivity index (χ3v) is 1.50. The van der Waals surface area contributed by atoms with Gasteiger partial charge in [0.1, 0.15) is 0 Å². The zero-order valence-electron chi connectivity index (χ0n) is 7.77. The van der Waals surface area contributed by atoms with E-state index in [1.807, 2.05) is 0 Å². The topological polar surface area (TPSA) is 80.9 Å². The average Bonchev–Trinajstić information content (AvgIpc) is 1.60. The number of hydrogen-bond acceptors (Lipinski definition) is 4. The molecule has 4 nitrogen and oxygen atoms in total. The highest BCUT2D eigenvalue weighted by molar-refractivity contribution is 6.13. The van der Waals surface area contributed by atoms with Crippen LogP contribution < -0.4 is 0 Å². The Bertz CT molecular complexity index is 84.7. The Morgan fingerprint density at radius 3 is 0.917 bits per heavy atom. The van der Waals surface area contributed by atoms with Gasteiger partial charge < -0.3 is 20.3 Å². The first-order chi connectivity index (χ1) is 4.66. The number of hydrogen-bond donors (Lipinski definition) is 4. The lowest BCUT2D eigenvalue weighted by Gasteiger charge is -2.31. The SMILES string of the molecule is CC(C)(O)C(C)(C)O.Cl.O[B]O. The maximum absolute atomic E-state index is 9.10. The predicted octanol–water partition coefficient (Wildman–Crippen LogP) is -0.545. The third kappa shape index (κ3) is 10.2. The van der Waals surface area contributed by atoms with Crippen LogP contribution in [0.15, 0.2) is 0 Å². The molecular weight excluding hydrogens is 182 g/mol. The van der Waals surface area contributed by atoms with E-state index < -0.39 is 11.2 Å². The van der Waals surface area contributed by atoms with Crippen LogP contribution in [0.5, 0.6) is 0 Å². The molecular formula is C6H17BClO4. The first kappa shape index (κ1) is 18.1.